The number of aryl methyl sites for hydroxylation is 1. The smallest absolute Gasteiger partial charge is 0.211 e. The molecule has 0 aliphatic heterocycles. The van der Waals surface area contributed by atoms with Gasteiger partial charge < -0.3 is 9.30 Å². The highest BCUT2D eigenvalue weighted by atomic mass is 16.5. The Kier molecular flexibility index (Phi) is 6.85. The number of nitrogens with one attached hydrogen (secondary N) is 1. The lowest BCUT2D eigenvalue weighted by Gasteiger charge is -2.18. The first-order valence-electron chi connectivity index (χ1n) is 13.3. The highest BCUT2D eigenvalue weighted by Crippen LogP contribution is 2.43. The van der Waals surface area contributed by atoms with Crippen LogP contribution in [0.4, 0.5) is 0 Å². The van der Waals surface area contributed by atoms with E-state index in [1.165, 1.54) is 40.6 Å². The molecule has 38 heavy (non-hydrogen) atoms. The third-order valence-electron chi connectivity index (χ3n) is 7.16. The molecule has 0 bridgehead atoms. The number of para-hydroxylation sites is 1. The van der Waals surface area contributed by atoms with Gasteiger partial charge in [0.25, 0.3) is 0 Å². The highest BCUT2D eigenvalue weighted by Gasteiger charge is 2.23. The molecule has 0 radical (unpaired) electrons. The van der Waals surface area contributed by atoms with E-state index in [4.69, 9.17) is 4.74 Å². The Labute approximate surface area is 222 Å². The first-order valence-corrected chi connectivity index (χ1v) is 13.3. The summed E-state index contributed by atoms with van der Waals surface area (Å²) in [6.45, 7) is 3.27. The molecule has 2 heterocycles. The zero-order valence-corrected chi connectivity index (χ0v) is 21.6. The molecule has 0 aliphatic rings. The number of nitrogens with zero attached hydrogens (tertiary/aromatic N) is 4. The van der Waals surface area contributed by atoms with Crippen molar-refractivity contribution in [1.82, 2.24) is 25.2 Å². The summed E-state index contributed by atoms with van der Waals surface area (Å²) in [5.74, 6) is 1.37. The number of fused-ring (bicyclic) bond motifs is 2. The molecule has 0 saturated carbocycles. The second-order valence-electron chi connectivity index (χ2n) is 9.65. The third kappa shape index (κ3) is 4.65. The minimum Gasteiger partial charge on any atom is -0.484 e. The van der Waals surface area contributed by atoms with E-state index in [1.54, 1.807) is 0 Å². The standard InChI is InChI=1S/C32H31N5O/c1-2-3-5-17-27-26-16-10-11-18-29(26)37(21-23-12-6-4-7-13-23)31(27)28-20-19-24-14-8-9-15-25(24)32(28)38-22-30-33-35-36-34-30/h4,6-16,18-20H,2-3,5,17,21-22H2,1H3,(H,33,34,35,36). The van der Waals surface area contributed by atoms with Crippen molar-refractivity contribution in [3.8, 4) is 17.0 Å². The van der Waals surface area contributed by atoms with Crippen LogP contribution >= 0.6 is 0 Å². The van der Waals surface area contributed by atoms with Gasteiger partial charge in [-0.2, -0.15) is 5.21 Å². The molecule has 6 heteroatoms. The summed E-state index contributed by atoms with van der Waals surface area (Å²) in [6.07, 6.45) is 4.56. The number of benzene rings is 4. The van der Waals surface area contributed by atoms with Crippen molar-refractivity contribution in [1.29, 1.82) is 0 Å². The van der Waals surface area contributed by atoms with Crippen molar-refractivity contribution in [2.75, 3.05) is 0 Å². The lowest BCUT2D eigenvalue weighted by Crippen LogP contribution is -2.05. The topological polar surface area (TPSA) is 68.6 Å². The largest absolute Gasteiger partial charge is 0.484 e. The van der Waals surface area contributed by atoms with Crippen LogP contribution in [-0.2, 0) is 19.6 Å². The van der Waals surface area contributed by atoms with E-state index in [0.717, 1.165) is 41.5 Å². The number of H-pyrrole nitrogens is 1. The van der Waals surface area contributed by atoms with Crippen molar-refractivity contribution in [3.05, 3.63) is 108 Å². The maximum Gasteiger partial charge on any atom is 0.211 e. The minimum atomic E-state index is 0.238. The molecule has 0 saturated heterocycles. The molecule has 6 aromatic rings. The Hall–Kier alpha value is -4.45. The van der Waals surface area contributed by atoms with Crippen LogP contribution in [0.5, 0.6) is 5.75 Å². The van der Waals surface area contributed by atoms with Gasteiger partial charge in [-0.05, 0) is 41.5 Å². The SMILES string of the molecule is CCCCCc1c(-c2ccc3ccccc3c2OCc2nn[nH]n2)n(Cc2ccccc2)c2ccccc12. The predicted octanol–water partition coefficient (Wildman–Crippen LogP) is 7.33. The molecule has 6 rings (SSSR count). The maximum absolute atomic E-state index is 6.53. The van der Waals surface area contributed by atoms with Crippen LogP contribution in [0.1, 0.15) is 43.1 Å². The van der Waals surface area contributed by atoms with Gasteiger partial charge in [0.2, 0.25) is 5.82 Å². The quantitative estimate of drug-likeness (QED) is 0.200. The fourth-order valence-electron chi connectivity index (χ4n) is 5.38. The van der Waals surface area contributed by atoms with E-state index in [2.05, 4.69) is 123 Å². The van der Waals surface area contributed by atoms with Crippen LogP contribution in [-0.4, -0.2) is 25.2 Å². The molecule has 0 unspecified atom stereocenters. The van der Waals surface area contributed by atoms with Crippen LogP contribution in [0.3, 0.4) is 0 Å². The molecule has 0 amide bonds. The van der Waals surface area contributed by atoms with Gasteiger partial charge in [-0.25, -0.2) is 0 Å². The zero-order chi connectivity index (χ0) is 25.7. The summed E-state index contributed by atoms with van der Waals surface area (Å²) >= 11 is 0. The number of unbranched alkanes of at least 4 members (excludes halogenated alkanes) is 2. The molecule has 6 nitrogen and oxygen atoms in total. The minimum absolute atomic E-state index is 0.238. The number of aromatic amines is 1. The van der Waals surface area contributed by atoms with Gasteiger partial charge >= 0.3 is 0 Å². The van der Waals surface area contributed by atoms with Crippen LogP contribution in [0.2, 0.25) is 0 Å². The van der Waals surface area contributed by atoms with E-state index in [1.807, 2.05) is 0 Å². The summed E-state index contributed by atoms with van der Waals surface area (Å²) in [6, 6.07) is 32.3. The van der Waals surface area contributed by atoms with Gasteiger partial charge in [-0.1, -0.05) is 104 Å². The lowest BCUT2D eigenvalue weighted by atomic mass is 9.97. The number of aromatic nitrogens is 5. The van der Waals surface area contributed by atoms with Gasteiger partial charge in [-0.15, -0.1) is 10.2 Å². The van der Waals surface area contributed by atoms with Crippen molar-refractivity contribution < 1.29 is 4.74 Å². The lowest BCUT2D eigenvalue weighted by molar-refractivity contribution is 0.300. The molecule has 2 aromatic heterocycles. The predicted molar refractivity (Wildman–Crippen MR) is 152 cm³/mol. The Morgan fingerprint density at radius 1 is 0.816 bits per heavy atom. The Morgan fingerprint density at radius 3 is 2.42 bits per heavy atom. The Morgan fingerprint density at radius 2 is 1.61 bits per heavy atom. The first-order chi connectivity index (χ1) is 18.8. The van der Waals surface area contributed by atoms with E-state index < -0.39 is 0 Å². The Bertz CT molecular complexity index is 1650. The van der Waals surface area contributed by atoms with E-state index in [9.17, 15) is 0 Å². The molecule has 190 valence electrons. The van der Waals surface area contributed by atoms with Crippen molar-refractivity contribution in [2.45, 2.75) is 45.8 Å². The number of rotatable bonds is 10. The molecule has 4 aromatic carbocycles. The fraction of sp³-hybridized carbons (Fsp3) is 0.219. The van der Waals surface area contributed by atoms with Crippen LogP contribution in [0.25, 0.3) is 32.9 Å². The van der Waals surface area contributed by atoms with Gasteiger partial charge in [0.05, 0.1) is 5.69 Å². The maximum atomic E-state index is 6.53. The first kappa shape index (κ1) is 23.9. The van der Waals surface area contributed by atoms with Crippen LogP contribution < -0.4 is 4.74 Å². The Balaban J connectivity index is 1.59. The summed E-state index contributed by atoms with van der Waals surface area (Å²) in [5.41, 5.74) is 6.20. The van der Waals surface area contributed by atoms with Gasteiger partial charge in [0, 0.05) is 28.4 Å². The monoisotopic (exact) mass is 501 g/mol. The van der Waals surface area contributed by atoms with Gasteiger partial charge in [-0.3, -0.25) is 0 Å². The van der Waals surface area contributed by atoms with Gasteiger partial charge in [0.1, 0.15) is 5.75 Å². The zero-order valence-electron chi connectivity index (χ0n) is 21.6. The second-order valence-corrected chi connectivity index (χ2v) is 9.65. The van der Waals surface area contributed by atoms with E-state index >= 15 is 0 Å². The molecule has 1 N–H and O–H groups in total. The number of ether oxygens (including phenoxy) is 1. The van der Waals surface area contributed by atoms with Crippen molar-refractivity contribution in [2.24, 2.45) is 0 Å². The molecule has 0 fully saturated rings. The fourth-order valence-corrected chi connectivity index (χ4v) is 5.38. The molecule has 0 aliphatic carbocycles. The highest BCUT2D eigenvalue weighted by molar-refractivity contribution is 5.99. The molecule has 0 spiro atoms. The number of hydrogen-bond acceptors (Lipinski definition) is 4. The summed E-state index contributed by atoms with van der Waals surface area (Å²) in [7, 11) is 0. The normalized spacial score (nSPS) is 11.4. The molecular weight excluding hydrogens is 470 g/mol. The molecular formula is C32H31N5O. The average Bonchev–Trinajstić information content (AvgIpc) is 3.59. The third-order valence-corrected chi connectivity index (χ3v) is 7.16. The number of hydrogen-bond donors (Lipinski definition) is 1. The number of tetrazole rings is 1. The van der Waals surface area contributed by atoms with Crippen molar-refractivity contribution in [3.63, 3.8) is 0 Å². The summed E-state index contributed by atoms with van der Waals surface area (Å²) < 4.78 is 9.00. The second kappa shape index (κ2) is 10.9. The van der Waals surface area contributed by atoms with Crippen molar-refractivity contribution >= 4 is 21.7 Å². The van der Waals surface area contributed by atoms with Crippen LogP contribution in [0.15, 0.2) is 91.0 Å². The summed E-state index contributed by atoms with van der Waals surface area (Å²) in [4.78, 5) is 0. The summed E-state index contributed by atoms with van der Waals surface area (Å²) in [5, 5.41) is 18.0. The van der Waals surface area contributed by atoms with E-state index in [-0.39, 0.29) is 6.61 Å². The van der Waals surface area contributed by atoms with Gasteiger partial charge in [0.15, 0.2) is 6.61 Å². The van der Waals surface area contributed by atoms with Crippen LogP contribution in [0, 0.1) is 0 Å². The molecule has 0 atom stereocenters. The average molecular weight is 502 g/mol. The van der Waals surface area contributed by atoms with E-state index in [0.29, 0.717) is 5.82 Å².